The Bertz CT molecular complexity index is 161. The second kappa shape index (κ2) is 2.40. The van der Waals surface area contributed by atoms with Crippen molar-refractivity contribution in [2.45, 2.75) is 30.7 Å². The molecule has 2 heterocycles. The quantitative estimate of drug-likeness (QED) is 0.377. The molecule has 2 fully saturated rings. The SMILES string of the molecule is OC1OC2CO[C@@H](C1O)[C@@H]2O. The van der Waals surface area contributed by atoms with Gasteiger partial charge in [0.15, 0.2) is 6.29 Å². The smallest absolute Gasteiger partial charge is 0.184 e. The molecule has 2 aliphatic heterocycles. The van der Waals surface area contributed by atoms with Crippen molar-refractivity contribution < 1.29 is 24.8 Å². The normalized spacial score (nSPS) is 56.5. The van der Waals surface area contributed by atoms with Crippen molar-refractivity contribution in [1.29, 1.82) is 0 Å². The first-order valence-electron chi connectivity index (χ1n) is 3.51. The molecule has 0 aliphatic carbocycles. The first-order valence-corrected chi connectivity index (χ1v) is 3.51. The minimum Gasteiger partial charge on any atom is -0.387 e. The maximum Gasteiger partial charge on any atom is 0.184 e. The van der Waals surface area contributed by atoms with E-state index >= 15 is 0 Å². The minimum absolute atomic E-state index is 0.236. The number of hydrogen-bond donors (Lipinski definition) is 3. The first kappa shape index (κ1) is 7.45. The van der Waals surface area contributed by atoms with Gasteiger partial charge in [-0.3, -0.25) is 0 Å². The Morgan fingerprint density at radius 2 is 1.82 bits per heavy atom. The molecule has 3 unspecified atom stereocenters. The fourth-order valence-electron chi connectivity index (χ4n) is 1.46. The van der Waals surface area contributed by atoms with Gasteiger partial charge in [0, 0.05) is 0 Å². The lowest BCUT2D eigenvalue weighted by molar-refractivity contribution is -0.242. The van der Waals surface area contributed by atoms with E-state index in [0.29, 0.717) is 0 Å². The van der Waals surface area contributed by atoms with Crippen LogP contribution in [-0.4, -0.2) is 52.6 Å². The molecule has 0 aromatic heterocycles. The molecule has 5 nitrogen and oxygen atoms in total. The van der Waals surface area contributed by atoms with Crippen LogP contribution in [0.2, 0.25) is 0 Å². The van der Waals surface area contributed by atoms with Crippen molar-refractivity contribution in [3.05, 3.63) is 0 Å². The minimum atomic E-state index is -1.23. The number of aliphatic hydroxyl groups is 3. The lowest BCUT2D eigenvalue weighted by atomic mass is 10.0. The van der Waals surface area contributed by atoms with Crippen LogP contribution in [-0.2, 0) is 9.47 Å². The Morgan fingerprint density at radius 3 is 2.55 bits per heavy atom. The van der Waals surface area contributed by atoms with Crippen LogP contribution in [0.1, 0.15) is 0 Å². The molecular formula is C6H10O5. The third-order valence-electron chi connectivity index (χ3n) is 2.11. The maximum absolute atomic E-state index is 9.28. The zero-order chi connectivity index (χ0) is 8.01. The van der Waals surface area contributed by atoms with Gasteiger partial charge in [0.2, 0.25) is 0 Å². The van der Waals surface area contributed by atoms with Gasteiger partial charge in [0.25, 0.3) is 0 Å². The topological polar surface area (TPSA) is 79.2 Å². The second-order valence-corrected chi connectivity index (χ2v) is 2.84. The molecule has 0 aromatic rings. The van der Waals surface area contributed by atoms with E-state index in [0.717, 1.165) is 0 Å². The van der Waals surface area contributed by atoms with Crippen LogP contribution in [0, 0.1) is 0 Å². The molecule has 0 amide bonds. The van der Waals surface area contributed by atoms with E-state index in [1.807, 2.05) is 0 Å². The standard InChI is InChI=1S/C6H10O5/c7-3-2-1-10-5(3)4(8)6(9)11-2/h2-9H,1H2/t2?,3-,4?,5-,6?/m1/s1. The predicted molar refractivity (Wildman–Crippen MR) is 32.6 cm³/mol. The van der Waals surface area contributed by atoms with E-state index < -0.39 is 30.7 Å². The second-order valence-electron chi connectivity index (χ2n) is 2.84. The zero-order valence-electron chi connectivity index (χ0n) is 5.75. The predicted octanol–water partition coefficient (Wildman–Crippen LogP) is -2.18. The maximum atomic E-state index is 9.28. The number of hydrogen-bond acceptors (Lipinski definition) is 5. The summed E-state index contributed by atoms with van der Waals surface area (Å²) < 4.78 is 9.82. The van der Waals surface area contributed by atoms with E-state index in [9.17, 15) is 10.2 Å². The summed E-state index contributed by atoms with van der Waals surface area (Å²) >= 11 is 0. The van der Waals surface area contributed by atoms with Gasteiger partial charge < -0.3 is 24.8 Å². The summed E-state index contributed by atoms with van der Waals surface area (Å²) in [6.45, 7) is 0.236. The molecule has 0 radical (unpaired) electrons. The summed E-state index contributed by atoms with van der Waals surface area (Å²) in [4.78, 5) is 0. The van der Waals surface area contributed by atoms with Gasteiger partial charge in [-0.2, -0.15) is 0 Å². The van der Waals surface area contributed by atoms with Crippen molar-refractivity contribution in [3.63, 3.8) is 0 Å². The van der Waals surface area contributed by atoms with Crippen molar-refractivity contribution in [3.8, 4) is 0 Å². The Labute approximate surface area is 63.2 Å². The fraction of sp³-hybridized carbons (Fsp3) is 1.00. The molecule has 0 saturated carbocycles. The van der Waals surface area contributed by atoms with Crippen LogP contribution in [0.15, 0.2) is 0 Å². The van der Waals surface area contributed by atoms with Gasteiger partial charge in [-0.05, 0) is 0 Å². The highest BCUT2D eigenvalue weighted by atomic mass is 16.7. The summed E-state index contributed by atoms with van der Waals surface area (Å²) in [6, 6.07) is 0. The monoisotopic (exact) mass is 162 g/mol. The van der Waals surface area contributed by atoms with Crippen LogP contribution >= 0.6 is 0 Å². The molecule has 2 aliphatic rings. The molecular weight excluding hydrogens is 152 g/mol. The number of aliphatic hydroxyl groups excluding tert-OH is 3. The van der Waals surface area contributed by atoms with E-state index in [1.165, 1.54) is 0 Å². The molecule has 64 valence electrons. The Hall–Kier alpha value is -0.200. The van der Waals surface area contributed by atoms with E-state index in [1.54, 1.807) is 0 Å². The van der Waals surface area contributed by atoms with Gasteiger partial charge in [-0.1, -0.05) is 0 Å². The largest absolute Gasteiger partial charge is 0.387 e. The number of fused-ring (bicyclic) bond motifs is 2. The van der Waals surface area contributed by atoms with Crippen molar-refractivity contribution in [1.82, 2.24) is 0 Å². The van der Waals surface area contributed by atoms with E-state index in [2.05, 4.69) is 0 Å². The Morgan fingerprint density at radius 1 is 1.09 bits per heavy atom. The molecule has 11 heavy (non-hydrogen) atoms. The van der Waals surface area contributed by atoms with Gasteiger partial charge in [0.05, 0.1) is 6.61 Å². The van der Waals surface area contributed by atoms with Crippen molar-refractivity contribution >= 4 is 0 Å². The van der Waals surface area contributed by atoms with Crippen molar-refractivity contribution in [2.75, 3.05) is 6.61 Å². The lowest BCUT2D eigenvalue weighted by Gasteiger charge is -2.31. The zero-order valence-corrected chi connectivity index (χ0v) is 5.75. The molecule has 3 N–H and O–H groups in total. The average Bonchev–Trinajstić information content (AvgIpc) is 2.23. The van der Waals surface area contributed by atoms with Gasteiger partial charge in [-0.25, -0.2) is 0 Å². The summed E-state index contributed by atoms with van der Waals surface area (Å²) in [6.07, 6.45) is -4.35. The van der Waals surface area contributed by atoms with Crippen LogP contribution in [0.4, 0.5) is 0 Å². The summed E-state index contributed by atoms with van der Waals surface area (Å²) in [5.74, 6) is 0. The number of ether oxygens (including phenoxy) is 2. The third-order valence-corrected chi connectivity index (χ3v) is 2.11. The molecule has 5 heteroatoms. The average molecular weight is 162 g/mol. The highest BCUT2D eigenvalue weighted by molar-refractivity contribution is 4.94. The molecule has 2 saturated heterocycles. The molecule has 2 rings (SSSR count). The van der Waals surface area contributed by atoms with Crippen LogP contribution < -0.4 is 0 Å². The van der Waals surface area contributed by atoms with Gasteiger partial charge in [0.1, 0.15) is 24.4 Å². The highest BCUT2D eigenvalue weighted by Crippen LogP contribution is 2.28. The fourth-order valence-corrected chi connectivity index (χ4v) is 1.46. The first-order chi connectivity index (χ1) is 5.20. The van der Waals surface area contributed by atoms with Crippen LogP contribution in [0.5, 0.6) is 0 Å². The summed E-state index contributed by atoms with van der Waals surface area (Å²) in [5, 5.41) is 27.5. The third kappa shape index (κ3) is 0.969. The molecule has 0 spiro atoms. The molecule has 5 atom stereocenters. The van der Waals surface area contributed by atoms with Gasteiger partial charge >= 0.3 is 0 Å². The van der Waals surface area contributed by atoms with Crippen LogP contribution in [0.25, 0.3) is 0 Å². The van der Waals surface area contributed by atoms with Gasteiger partial charge in [-0.15, -0.1) is 0 Å². The highest BCUT2D eigenvalue weighted by Gasteiger charge is 2.49. The Kier molecular flexibility index (Phi) is 1.62. The van der Waals surface area contributed by atoms with Crippen LogP contribution in [0.3, 0.4) is 0 Å². The van der Waals surface area contributed by atoms with E-state index in [-0.39, 0.29) is 6.61 Å². The lowest BCUT2D eigenvalue weighted by Crippen LogP contribution is -2.52. The number of rotatable bonds is 0. The molecule has 0 aromatic carbocycles. The Balaban J connectivity index is 2.16. The molecule has 2 bridgehead atoms. The van der Waals surface area contributed by atoms with Crippen molar-refractivity contribution in [2.24, 2.45) is 0 Å². The summed E-state index contributed by atoms with van der Waals surface area (Å²) in [7, 11) is 0. The summed E-state index contributed by atoms with van der Waals surface area (Å²) in [5.41, 5.74) is 0. The van der Waals surface area contributed by atoms with E-state index in [4.69, 9.17) is 14.6 Å².